The molecule has 1 heterocycles. The van der Waals surface area contributed by atoms with Crippen LogP contribution in [0.5, 0.6) is 5.75 Å². The smallest absolute Gasteiger partial charge is 0.234 e. The number of rotatable bonds is 4. The molecule has 1 saturated heterocycles. The Morgan fingerprint density at radius 2 is 2.09 bits per heavy atom. The Bertz CT molecular complexity index is 697. The van der Waals surface area contributed by atoms with Crippen molar-refractivity contribution in [1.82, 2.24) is 10.9 Å². The summed E-state index contributed by atoms with van der Waals surface area (Å²) in [6.07, 6.45) is 5.44. The summed E-state index contributed by atoms with van der Waals surface area (Å²) in [5, 5.41) is 0. The molecule has 2 unspecified atom stereocenters. The summed E-state index contributed by atoms with van der Waals surface area (Å²) in [5.74, 6) is 0.487. The van der Waals surface area contributed by atoms with Gasteiger partial charge >= 0.3 is 0 Å². The van der Waals surface area contributed by atoms with E-state index in [1.54, 1.807) is 12.1 Å². The lowest BCUT2D eigenvalue weighted by atomic mass is 9.96. The minimum Gasteiger partial charge on any atom is -0.495 e. The number of hydrazine groups is 1. The highest BCUT2D eigenvalue weighted by Crippen LogP contribution is 2.25. The number of hydrogen-bond acceptors (Lipinski definition) is 5. The highest BCUT2D eigenvalue weighted by molar-refractivity contribution is 7.90. The van der Waals surface area contributed by atoms with Gasteiger partial charge in [0.2, 0.25) is 5.91 Å². The monoisotopic (exact) mass is 324 g/mol. The van der Waals surface area contributed by atoms with Crippen LogP contribution in [-0.2, 0) is 14.6 Å². The second kappa shape index (κ2) is 6.50. The molecule has 0 aromatic heterocycles. The fourth-order valence-electron chi connectivity index (χ4n) is 2.32. The summed E-state index contributed by atoms with van der Waals surface area (Å²) in [4.78, 5) is 11.4. The van der Waals surface area contributed by atoms with Crippen LogP contribution < -0.4 is 15.6 Å². The van der Waals surface area contributed by atoms with Crippen molar-refractivity contribution in [3.8, 4) is 5.75 Å². The summed E-state index contributed by atoms with van der Waals surface area (Å²) in [7, 11) is -1.88. The summed E-state index contributed by atoms with van der Waals surface area (Å²) >= 11 is 0. The Hall–Kier alpha value is -1.86. The third kappa shape index (κ3) is 3.86. The Balaban J connectivity index is 2.20. The average Bonchev–Trinajstić information content (AvgIpc) is 2.45. The molecule has 6 nitrogen and oxygen atoms in total. The van der Waals surface area contributed by atoms with Crippen LogP contribution in [0.15, 0.2) is 29.2 Å². The van der Waals surface area contributed by atoms with E-state index in [0.29, 0.717) is 12.2 Å². The zero-order chi connectivity index (χ0) is 16.3. The Morgan fingerprint density at radius 3 is 2.68 bits per heavy atom. The van der Waals surface area contributed by atoms with Gasteiger partial charge in [0.05, 0.1) is 7.11 Å². The number of sulfone groups is 1. The second-order valence-electron chi connectivity index (χ2n) is 5.44. The van der Waals surface area contributed by atoms with Crippen LogP contribution in [0.1, 0.15) is 18.9 Å². The van der Waals surface area contributed by atoms with E-state index in [1.807, 2.05) is 19.1 Å². The first-order chi connectivity index (χ1) is 10.3. The molecule has 0 spiro atoms. The van der Waals surface area contributed by atoms with Crippen molar-refractivity contribution in [3.63, 3.8) is 0 Å². The number of amides is 1. The zero-order valence-electron chi connectivity index (χ0n) is 12.8. The minimum atomic E-state index is -3.32. The van der Waals surface area contributed by atoms with E-state index < -0.39 is 9.84 Å². The van der Waals surface area contributed by atoms with Gasteiger partial charge in [-0.1, -0.05) is 25.1 Å². The van der Waals surface area contributed by atoms with Gasteiger partial charge in [0.25, 0.3) is 0 Å². The number of ether oxygens (including phenoxy) is 1. The number of hydrogen-bond donors (Lipinski definition) is 2. The lowest BCUT2D eigenvalue weighted by Gasteiger charge is -2.27. The van der Waals surface area contributed by atoms with Crippen LogP contribution in [0, 0.1) is 5.92 Å². The van der Waals surface area contributed by atoms with Crippen LogP contribution in [0.3, 0.4) is 0 Å². The number of benzene rings is 1. The zero-order valence-corrected chi connectivity index (χ0v) is 13.6. The van der Waals surface area contributed by atoms with Crippen molar-refractivity contribution in [1.29, 1.82) is 0 Å². The van der Waals surface area contributed by atoms with Gasteiger partial charge in [-0.3, -0.25) is 10.2 Å². The molecule has 1 aromatic carbocycles. The van der Waals surface area contributed by atoms with Crippen LogP contribution in [0.4, 0.5) is 0 Å². The number of methoxy groups -OCH3 is 1. The summed E-state index contributed by atoms with van der Waals surface area (Å²) in [5.41, 5.74) is 6.37. The summed E-state index contributed by atoms with van der Waals surface area (Å²) < 4.78 is 28.5. The second-order valence-corrected chi connectivity index (χ2v) is 7.43. The lowest BCUT2D eigenvalue weighted by Crippen LogP contribution is -2.52. The molecule has 22 heavy (non-hydrogen) atoms. The fourth-order valence-corrected chi connectivity index (χ4v) is 3.15. The van der Waals surface area contributed by atoms with Crippen molar-refractivity contribution < 1.29 is 17.9 Å². The molecule has 0 radical (unpaired) electrons. The van der Waals surface area contributed by atoms with Gasteiger partial charge in [-0.15, -0.1) is 0 Å². The molecule has 1 aromatic rings. The maximum atomic E-state index is 11.7. The van der Waals surface area contributed by atoms with Crippen molar-refractivity contribution in [2.24, 2.45) is 5.92 Å². The highest BCUT2D eigenvalue weighted by Gasteiger charge is 2.23. The average molecular weight is 324 g/mol. The van der Waals surface area contributed by atoms with E-state index in [4.69, 9.17) is 4.74 Å². The third-order valence-electron chi connectivity index (χ3n) is 3.58. The van der Waals surface area contributed by atoms with Crippen LogP contribution in [-0.4, -0.2) is 33.7 Å². The predicted molar refractivity (Wildman–Crippen MR) is 84.0 cm³/mol. The molecule has 1 amide bonds. The molecular weight excluding hydrogens is 304 g/mol. The molecule has 120 valence electrons. The van der Waals surface area contributed by atoms with Gasteiger partial charge in [-0.25, -0.2) is 13.8 Å². The van der Waals surface area contributed by atoms with E-state index >= 15 is 0 Å². The van der Waals surface area contributed by atoms with Crippen LogP contribution in [0.2, 0.25) is 0 Å². The van der Waals surface area contributed by atoms with Gasteiger partial charge in [-0.2, -0.15) is 0 Å². The van der Waals surface area contributed by atoms with Crippen molar-refractivity contribution in [3.05, 3.63) is 29.8 Å². The van der Waals surface area contributed by atoms with E-state index in [1.165, 1.54) is 13.2 Å². The predicted octanol–water partition coefficient (Wildman–Crippen LogP) is 1.14. The molecule has 2 N–H and O–H groups in total. The maximum Gasteiger partial charge on any atom is 0.234 e. The van der Waals surface area contributed by atoms with Gasteiger partial charge < -0.3 is 4.74 Å². The summed E-state index contributed by atoms with van der Waals surface area (Å²) in [6.45, 7) is 1.99. The quantitative estimate of drug-likeness (QED) is 0.868. The molecule has 2 atom stereocenters. The van der Waals surface area contributed by atoms with Crippen LogP contribution >= 0.6 is 0 Å². The van der Waals surface area contributed by atoms with Crippen molar-refractivity contribution in [2.75, 3.05) is 13.4 Å². The topological polar surface area (TPSA) is 84.5 Å². The molecular formula is C15H20N2O4S. The fraction of sp³-hybridized carbons (Fsp3) is 0.400. The first-order valence-electron chi connectivity index (χ1n) is 6.92. The molecule has 0 saturated carbocycles. The van der Waals surface area contributed by atoms with E-state index in [9.17, 15) is 13.2 Å². The first kappa shape index (κ1) is 16.5. The highest BCUT2D eigenvalue weighted by atomic mass is 32.2. The first-order valence-corrected chi connectivity index (χ1v) is 8.81. The Morgan fingerprint density at radius 1 is 1.36 bits per heavy atom. The van der Waals surface area contributed by atoms with Gasteiger partial charge in [-0.05, 0) is 23.6 Å². The molecule has 0 aliphatic carbocycles. The maximum absolute atomic E-state index is 11.7. The van der Waals surface area contributed by atoms with E-state index in [-0.39, 0.29) is 22.8 Å². The van der Waals surface area contributed by atoms with Crippen molar-refractivity contribution >= 4 is 21.8 Å². The molecule has 1 fully saturated rings. The largest absolute Gasteiger partial charge is 0.495 e. The molecule has 1 aliphatic heterocycles. The van der Waals surface area contributed by atoms with Gasteiger partial charge in [0.1, 0.15) is 10.6 Å². The van der Waals surface area contributed by atoms with E-state index in [0.717, 1.165) is 11.8 Å². The molecule has 0 bridgehead atoms. The molecule has 7 heteroatoms. The summed E-state index contributed by atoms with van der Waals surface area (Å²) in [6, 6.07) is 4.96. The normalized spacial score (nSPS) is 22.6. The Kier molecular flexibility index (Phi) is 4.87. The number of carbonyl (C=O) groups excluding carboxylic acids is 1. The van der Waals surface area contributed by atoms with Gasteiger partial charge in [0, 0.05) is 18.7 Å². The number of carbonyl (C=O) groups is 1. The lowest BCUT2D eigenvalue weighted by molar-refractivity contribution is -0.125. The van der Waals surface area contributed by atoms with E-state index in [2.05, 4.69) is 10.9 Å². The molecule has 2 rings (SSSR count). The number of nitrogens with one attached hydrogen (secondary N) is 2. The van der Waals surface area contributed by atoms with Crippen molar-refractivity contribution in [2.45, 2.75) is 24.3 Å². The van der Waals surface area contributed by atoms with Gasteiger partial charge in [0.15, 0.2) is 9.84 Å². The third-order valence-corrected chi connectivity index (χ3v) is 4.72. The standard InChI is InChI=1S/C15H20N2O4S/c1-10-8-15(18)17-16-12(10)6-4-11-5-7-14(22(3,19)20)13(9-11)21-2/h4-7,9-10,12,16H,8H2,1-3H3,(H,17,18)/b6-4+. The minimum absolute atomic E-state index is 0.0173. The van der Waals surface area contributed by atoms with Crippen LogP contribution in [0.25, 0.3) is 6.08 Å². The Labute approximate surface area is 130 Å². The molecule has 1 aliphatic rings. The SMILES string of the molecule is COc1cc(/C=C/C2NNC(=O)CC2C)ccc1S(C)(=O)=O.